The molecule has 5 rings (SSSR count). The van der Waals surface area contributed by atoms with E-state index >= 15 is 0 Å². The van der Waals surface area contributed by atoms with E-state index in [1.165, 1.54) is 0 Å². The van der Waals surface area contributed by atoms with Crippen molar-refractivity contribution in [3.63, 3.8) is 0 Å². The maximum absolute atomic E-state index is 13.6. The summed E-state index contributed by atoms with van der Waals surface area (Å²) in [6, 6.07) is 2.03. The van der Waals surface area contributed by atoms with Crippen LogP contribution in [0.25, 0.3) is 5.78 Å². The summed E-state index contributed by atoms with van der Waals surface area (Å²) < 4.78 is 1.77. The number of piperidine rings is 2. The lowest BCUT2D eigenvalue weighted by atomic mass is 9.77. The number of imidazole rings is 1. The molecule has 0 radical (unpaired) electrons. The molecule has 0 saturated carbocycles. The molecule has 5 atom stereocenters. The molecule has 3 saturated heterocycles. The largest absolute Gasteiger partial charge is 0.353 e. The third-order valence-electron chi connectivity index (χ3n) is 8.58. The van der Waals surface area contributed by atoms with Crippen LogP contribution in [0.3, 0.4) is 0 Å². The SMILES string of the molecule is CC(C)[C@@H]1CC[C@@H](C)CC(=O)N2C[C@H]3C[C@H](CN(C(=O)c4cn5cccnc5n4)C3)[C@@H]2CCCC(=O)N1. The fourth-order valence-electron chi connectivity index (χ4n) is 6.57. The predicted octanol–water partition coefficient (Wildman–Crippen LogP) is 3.15. The molecule has 37 heavy (non-hydrogen) atoms. The van der Waals surface area contributed by atoms with Gasteiger partial charge in [0.15, 0.2) is 0 Å². The monoisotopic (exact) mass is 508 g/mol. The van der Waals surface area contributed by atoms with E-state index in [1.807, 2.05) is 17.2 Å². The van der Waals surface area contributed by atoms with Gasteiger partial charge in [-0.15, -0.1) is 0 Å². The molecule has 3 amide bonds. The van der Waals surface area contributed by atoms with Crippen LogP contribution in [-0.2, 0) is 9.59 Å². The van der Waals surface area contributed by atoms with Crippen LogP contribution in [0, 0.1) is 23.7 Å². The Balaban J connectivity index is 1.33. The van der Waals surface area contributed by atoms with E-state index < -0.39 is 0 Å². The van der Waals surface area contributed by atoms with Gasteiger partial charge in [0.2, 0.25) is 17.6 Å². The lowest BCUT2D eigenvalue weighted by molar-refractivity contribution is -0.141. The molecule has 5 heterocycles. The van der Waals surface area contributed by atoms with Crippen molar-refractivity contribution in [3.8, 4) is 0 Å². The average Bonchev–Trinajstić information content (AvgIpc) is 3.30. The van der Waals surface area contributed by atoms with Gasteiger partial charge in [0.1, 0.15) is 5.69 Å². The highest BCUT2D eigenvalue weighted by Gasteiger charge is 2.44. The first kappa shape index (κ1) is 25.7. The smallest absolute Gasteiger partial charge is 0.274 e. The lowest BCUT2D eigenvalue weighted by Gasteiger charge is -2.51. The molecule has 0 aliphatic carbocycles. The fourth-order valence-corrected chi connectivity index (χ4v) is 6.57. The second kappa shape index (κ2) is 10.8. The molecule has 3 aliphatic rings. The topological polar surface area (TPSA) is 99.9 Å². The van der Waals surface area contributed by atoms with E-state index in [-0.39, 0.29) is 47.6 Å². The number of nitrogens with zero attached hydrogens (tertiary/aromatic N) is 5. The second-order valence-corrected chi connectivity index (χ2v) is 11.8. The van der Waals surface area contributed by atoms with Gasteiger partial charge in [-0.25, -0.2) is 9.97 Å². The molecule has 1 N–H and O–H groups in total. The van der Waals surface area contributed by atoms with Crippen LogP contribution in [0.2, 0.25) is 0 Å². The van der Waals surface area contributed by atoms with E-state index in [1.54, 1.807) is 16.8 Å². The van der Waals surface area contributed by atoms with Crippen molar-refractivity contribution < 1.29 is 14.4 Å². The summed E-state index contributed by atoms with van der Waals surface area (Å²) >= 11 is 0. The Kier molecular flexibility index (Phi) is 7.49. The summed E-state index contributed by atoms with van der Waals surface area (Å²) in [5.41, 5.74) is 0.409. The van der Waals surface area contributed by atoms with Crippen molar-refractivity contribution in [1.82, 2.24) is 29.5 Å². The Labute approximate surface area is 219 Å². The number of aromatic nitrogens is 3. The summed E-state index contributed by atoms with van der Waals surface area (Å²) in [5, 5.41) is 3.25. The molecular weight excluding hydrogens is 468 g/mol. The number of hydrogen-bond acceptors (Lipinski definition) is 5. The number of amides is 3. The zero-order valence-corrected chi connectivity index (χ0v) is 22.3. The Hall–Kier alpha value is -2.97. The number of nitrogens with one attached hydrogen (secondary N) is 1. The molecule has 200 valence electrons. The standard InChI is InChI=1S/C28H40N6O3/c1-18(2)22-9-8-19(3)12-26(36)34-15-20-13-21(24(34)6-4-7-25(35)30-22)16-33(14-20)27(37)23-17-32-11-5-10-29-28(32)31-23/h5,10-11,17-22,24H,4,6-9,12-16H2,1-3H3,(H,30,35)/t19-,20+,21-,22+,24+/m1/s1. The van der Waals surface area contributed by atoms with E-state index in [0.717, 1.165) is 32.1 Å². The Morgan fingerprint density at radius 1 is 1.14 bits per heavy atom. The van der Waals surface area contributed by atoms with E-state index in [4.69, 9.17) is 0 Å². The summed E-state index contributed by atoms with van der Waals surface area (Å²) in [5.74, 6) is 1.90. The minimum atomic E-state index is -0.0719. The van der Waals surface area contributed by atoms with Gasteiger partial charge in [-0.3, -0.25) is 18.8 Å². The molecule has 2 aromatic heterocycles. The summed E-state index contributed by atoms with van der Waals surface area (Å²) in [6.07, 6.45) is 10.7. The Morgan fingerprint density at radius 3 is 2.76 bits per heavy atom. The first-order chi connectivity index (χ1) is 17.8. The molecule has 9 heteroatoms. The fraction of sp³-hybridized carbons (Fsp3) is 0.679. The van der Waals surface area contributed by atoms with Gasteiger partial charge in [0.05, 0.1) is 0 Å². The zero-order chi connectivity index (χ0) is 26.1. The maximum Gasteiger partial charge on any atom is 0.274 e. The molecule has 2 aromatic rings. The van der Waals surface area contributed by atoms with Crippen LogP contribution in [0.5, 0.6) is 0 Å². The van der Waals surface area contributed by atoms with Gasteiger partial charge in [0.25, 0.3) is 5.91 Å². The molecule has 9 nitrogen and oxygen atoms in total. The number of carbonyl (C=O) groups excluding carboxylic acids is 3. The predicted molar refractivity (Wildman–Crippen MR) is 140 cm³/mol. The molecule has 3 aliphatic heterocycles. The molecule has 2 bridgehead atoms. The third kappa shape index (κ3) is 5.65. The maximum atomic E-state index is 13.6. The normalized spacial score (nSPS) is 29.8. The molecular formula is C28H40N6O3. The lowest BCUT2D eigenvalue weighted by Crippen LogP contribution is -2.60. The number of likely N-dealkylation sites (tertiary alicyclic amines) is 1. The summed E-state index contributed by atoms with van der Waals surface area (Å²) in [7, 11) is 0. The van der Waals surface area contributed by atoms with Crippen LogP contribution in [0.15, 0.2) is 24.7 Å². The van der Waals surface area contributed by atoms with Crippen molar-refractivity contribution in [1.29, 1.82) is 0 Å². The van der Waals surface area contributed by atoms with Crippen LogP contribution in [0.4, 0.5) is 0 Å². The van der Waals surface area contributed by atoms with Gasteiger partial charge < -0.3 is 15.1 Å². The van der Waals surface area contributed by atoms with Gasteiger partial charge in [0, 0.05) is 63.2 Å². The highest BCUT2D eigenvalue weighted by Crippen LogP contribution is 2.37. The van der Waals surface area contributed by atoms with Crippen molar-refractivity contribution in [3.05, 3.63) is 30.4 Å². The van der Waals surface area contributed by atoms with Crippen molar-refractivity contribution in [2.75, 3.05) is 19.6 Å². The van der Waals surface area contributed by atoms with Gasteiger partial charge in [-0.1, -0.05) is 20.8 Å². The Bertz CT molecular complexity index is 1110. The van der Waals surface area contributed by atoms with Crippen molar-refractivity contribution in [2.45, 2.75) is 77.8 Å². The minimum absolute atomic E-state index is 0.0590. The van der Waals surface area contributed by atoms with E-state index in [0.29, 0.717) is 49.9 Å². The quantitative estimate of drug-likeness (QED) is 0.672. The third-order valence-corrected chi connectivity index (χ3v) is 8.58. The van der Waals surface area contributed by atoms with Crippen molar-refractivity contribution >= 4 is 23.5 Å². The molecule has 0 aromatic carbocycles. The van der Waals surface area contributed by atoms with Crippen LogP contribution in [0.1, 0.15) is 76.2 Å². The number of carbonyl (C=O) groups is 3. The second-order valence-electron chi connectivity index (χ2n) is 11.8. The van der Waals surface area contributed by atoms with Crippen molar-refractivity contribution in [2.24, 2.45) is 23.7 Å². The average molecular weight is 509 g/mol. The number of rotatable bonds is 2. The minimum Gasteiger partial charge on any atom is -0.353 e. The summed E-state index contributed by atoms with van der Waals surface area (Å²) in [6.45, 7) is 8.39. The van der Waals surface area contributed by atoms with E-state index in [9.17, 15) is 14.4 Å². The number of fused-ring (bicyclic) bond motifs is 5. The van der Waals surface area contributed by atoms with E-state index in [2.05, 4.69) is 41.0 Å². The highest BCUT2D eigenvalue weighted by molar-refractivity contribution is 5.93. The first-order valence-corrected chi connectivity index (χ1v) is 14.0. The van der Waals surface area contributed by atoms with Gasteiger partial charge >= 0.3 is 0 Å². The van der Waals surface area contributed by atoms with Crippen LogP contribution >= 0.6 is 0 Å². The molecule has 0 spiro atoms. The van der Waals surface area contributed by atoms with Gasteiger partial charge in [-0.05, 0) is 61.8 Å². The first-order valence-electron chi connectivity index (χ1n) is 14.0. The Morgan fingerprint density at radius 2 is 1.97 bits per heavy atom. The van der Waals surface area contributed by atoms with Gasteiger partial charge in [-0.2, -0.15) is 0 Å². The molecule has 0 unspecified atom stereocenters. The summed E-state index contributed by atoms with van der Waals surface area (Å²) in [4.78, 5) is 52.4. The highest BCUT2D eigenvalue weighted by atomic mass is 16.2. The number of hydrogen-bond donors (Lipinski definition) is 1. The zero-order valence-electron chi connectivity index (χ0n) is 22.3. The van der Waals surface area contributed by atoms with Crippen LogP contribution in [-0.4, -0.2) is 73.6 Å². The molecule has 3 fully saturated rings. The van der Waals surface area contributed by atoms with Crippen LogP contribution < -0.4 is 5.32 Å².